The van der Waals surface area contributed by atoms with Gasteiger partial charge in [-0.15, -0.1) is 0 Å². The molecule has 3 aromatic rings. The van der Waals surface area contributed by atoms with Crippen LogP contribution in [0.3, 0.4) is 0 Å². The van der Waals surface area contributed by atoms with Gasteiger partial charge in [0.2, 0.25) is 15.8 Å². The molecule has 1 aliphatic carbocycles. The number of anilines is 1. The highest BCUT2D eigenvalue weighted by atomic mass is 127. The molecule has 0 radical (unpaired) electrons. The van der Waals surface area contributed by atoms with Crippen LogP contribution in [0.25, 0.3) is 5.69 Å². The fourth-order valence-corrected chi connectivity index (χ4v) is 6.35. The Bertz CT molecular complexity index is 1460. The average molecular weight is 641 g/mol. The summed E-state index contributed by atoms with van der Waals surface area (Å²) >= 11 is 8.30. The molecule has 0 atom stereocenters. The van der Waals surface area contributed by atoms with E-state index < -0.39 is 15.6 Å². The maximum absolute atomic E-state index is 13.5. The van der Waals surface area contributed by atoms with Crippen LogP contribution in [0.1, 0.15) is 25.3 Å². The molecule has 2 aliphatic rings. The third-order valence-corrected chi connectivity index (χ3v) is 9.25. The van der Waals surface area contributed by atoms with Gasteiger partial charge >= 0.3 is 5.56 Å². The van der Waals surface area contributed by atoms with Crippen LogP contribution >= 0.6 is 34.2 Å². The highest BCUT2D eigenvalue weighted by Gasteiger charge is 2.39. The minimum Gasteiger partial charge on any atom is -0.486 e. The molecule has 8 nitrogen and oxygen atoms in total. The van der Waals surface area contributed by atoms with Gasteiger partial charge in [-0.1, -0.05) is 36.7 Å². The number of ether oxygens (including phenoxy) is 1. The molecule has 11 heteroatoms. The van der Waals surface area contributed by atoms with E-state index in [4.69, 9.17) is 16.3 Å². The Morgan fingerprint density at radius 2 is 1.92 bits per heavy atom. The van der Waals surface area contributed by atoms with Crippen LogP contribution < -0.4 is 15.2 Å². The first-order valence-electron chi connectivity index (χ1n) is 11.6. The van der Waals surface area contributed by atoms with Crippen molar-refractivity contribution in [3.05, 3.63) is 79.2 Å². The first-order chi connectivity index (χ1) is 17.1. The summed E-state index contributed by atoms with van der Waals surface area (Å²) in [7, 11) is -3.55. The van der Waals surface area contributed by atoms with Crippen LogP contribution in [-0.4, -0.2) is 48.9 Å². The molecule has 1 aromatic heterocycles. The van der Waals surface area contributed by atoms with Crippen molar-refractivity contribution in [3.63, 3.8) is 0 Å². The van der Waals surface area contributed by atoms with Crippen molar-refractivity contribution in [1.29, 1.82) is 0 Å². The van der Waals surface area contributed by atoms with Crippen LogP contribution in [0.15, 0.2) is 59.5 Å². The zero-order valence-electron chi connectivity index (χ0n) is 19.7. The second-order valence-electron chi connectivity index (χ2n) is 9.62. The van der Waals surface area contributed by atoms with Crippen molar-refractivity contribution in [2.75, 3.05) is 31.3 Å². The smallest absolute Gasteiger partial charge is 0.316 e. The Morgan fingerprint density at radius 3 is 2.64 bits per heavy atom. The van der Waals surface area contributed by atoms with Gasteiger partial charge in [0.15, 0.2) is 0 Å². The average Bonchev–Trinajstić information content (AvgIpc) is 3.35. The summed E-state index contributed by atoms with van der Waals surface area (Å²) in [5.41, 5.74) is 1.42. The van der Waals surface area contributed by atoms with Crippen molar-refractivity contribution in [3.8, 4) is 11.4 Å². The third kappa shape index (κ3) is 5.56. The van der Waals surface area contributed by atoms with Gasteiger partial charge < -0.3 is 9.64 Å². The number of hydrogen-bond acceptors (Lipinski definition) is 6. The van der Waals surface area contributed by atoms with Crippen molar-refractivity contribution < 1.29 is 13.2 Å². The first-order valence-corrected chi connectivity index (χ1v) is 14.7. The number of aromatic nitrogens is 2. The lowest BCUT2D eigenvalue weighted by atomic mass is 10.2. The van der Waals surface area contributed by atoms with E-state index in [0.29, 0.717) is 36.1 Å². The third-order valence-electron chi connectivity index (χ3n) is 6.56. The summed E-state index contributed by atoms with van der Waals surface area (Å²) in [6.45, 7) is 3.42. The topological polar surface area (TPSA) is 84.7 Å². The maximum atomic E-state index is 13.5. The fourth-order valence-electron chi connectivity index (χ4n) is 4.10. The standard InChI is InChI=1S/C25H26ClIN4O4S/c1-25(8-9-25)16-35-23-22(14-28-31(24(23)32)21-7-3-5-19(26)13-21)29-10-11-30(17-29)36(33,34)15-18-4-2-6-20(27)12-18/h2-7,12-14H,8-11,15-17H2,1H3. The Labute approximate surface area is 229 Å². The second-order valence-corrected chi connectivity index (χ2v) is 13.3. The van der Waals surface area contributed by atoms with Gasteiger partial charge in [-0.3, -0.25) is 4.79 Å². The van der Waals surface area contributed by atoms with E-state index in [1.165, 1.54) is 8.99 Å². The molecule has 1 saturated carbocycles. The minimum atomic E-state index is -3.55. The van der Waals surface area contributed by atoms with Gasteiger partial charge in [0.05, 0.1) is 30.9 Å². The van der Waals surface area contributed by atoms with Gasteiger partial charge in [-0.25, -0.2) is 8.42 Å². The molecule has 0 spiro atoms. The van der Waals surface area contributed by atoms with E-state index in [-0.39, 0.29) is 23.6 Å². The Hall–Kier alpha value is -2.15. The maximum Gasteiger partial charge on any atom is 0.316 e. The highest BCUT2D eigenvalue weighted by Crippen LogP contribution is 2.45. The molecule has 5 rings (SSSR count). The number of rotatable bonds is 8. The van der Waals surface area contributed by atoms with Crippen LogP contribution in [0.4, 0.5) is 5.69 Å². The molecular formula is C25H26ClIN4O4S. The summed E-state index contributed by atoms with van der Waals surface area (Å²) in [4.78, 5) is 15.4. The SMILES string of the molecule is CC1(COc2c(N3CCN(S(=O)(=O)Cc4cccc(I)c4)C3)cnn(-c3cccc(Cl)c3)c2=O)CC1. The van der Waals surface area contributed by atoms with Gasteiger partial charge in [-0.2, -0.15) is 14.1 Å². The molecule has 0 amide bonds. The van der Waals surface area contributed by atoms with E-state index >= 15 is 0 Å². The first kappa shape index (κ1) is 25.5. The summed E-state index contributed by atoms with van der Waals surface area (Å²) in [6, 6.07) is 14.4. The number of nitrogens with zero attached hydrogens (tertiary/aromatic N) is 4. The molecule has 0 N–H and O–H groups in total. The lowest BCUT2D eigenvalue weighted by Gasteiger charge is -2.23. The molecule has 2 heterocycles. The van der Waals surface area contributed by atoms with Crippen LogP contribution in [-0.2, 0) is 15.8 Å². The molecular weight excluding hydrogens is 615 g/mol. The quantitative estimate of drug-likeness (QED) is 0.342. The van der Waals surface area contributed by atoms with Gasteiger partial charge in [-0.05, 0) is 71.3 Å². The molecule has 36 heavy (non-hydrogen) atoms. The van der Waals surface area contributed by atoms with E-state index in [0.717, 1.165) is 22.0 Å². The normalized spacial score (nSPS) is 17.4. The van der Waals surface area contributed by atoms with Crippen molar-refractivity contribution in [2.45, 2.75) is 25.5 Å². The fraction of sp³-hybridized carbons (Fsp3) is 0.360. The van der Waals surface area contributed by atoms with Crippen LogP contribution in [0, 0.1) is 8.99 Å². The van der Waals surface area contributed by atoms with Gasteiger partial charge in [0.25, 0.3) is 0 Å². The Balaban J connectivity index is 1.43. The molecule has 0 bridgehead atoms. The van der Waals surface area contributed by atoms with Gasteiger partial charge in [0.1, 0.15) is 5.69 Å². The lowest BCUT2D eigenvalue weighted by Crippen LogP contribution is -2.33. The van der Waals surface area contributed by atoms with Crippen molar-refractivity contribution in [2.24, 2.45) is 5.41 Å². The van der Waals surface area contributed by atoms with Gasteiger partial charge in [0, 0.05) is 27.1 Å². The van der Waals surface area contributed by atoms with Crippen molar-refractivity contribution >= 4 is 49.9 Å². The summed E-state index contributed by atoms with van der Waals surface area (Å²) in [6.07, 6.45) is 3.66. The van der Waals surface area contributed by atoms with E-state index in [1.807, 2.05) is 29.2 Å². The number of hydrogen-bond donors (Lipinski definition) is 0. The van der Waals surface area contributed by atoms with E-state index in [2.05, 4.69) is 34.6 Å². The number of benzene rings is 2. The van der Waals surface area contributed by atoms with Crippen molar-refractivity contribution in [1.82, 2.24) is 14.1 Å². The zero-order chi connectivity index (χ0) is 25.5. The Morgan fingerprint density at radius 1 is 1.14 bits per heavy atom. The summed E-state index contributed by atoms with van der Waals surface area (Å²) in [5.74, 6) is 0.100. The van der Waals surface area contributed by atoms with E-state index in [9.17, 15) is 13.2 Å². The van der Waals surface area contributed by atoms with E-state index in [1.54, 1.807) is 30.5 Å². The number of sulfonamides is 1. The van der Waals surface area contributed by atoms with Crippen LogP contribution in [0.5, 0.6) is 5.75 Å². The largest absolute Gasteiger partial charge is 0.486 e. The molecule has 0 unspecified atom stereocenters. The second kappa shape index (κ2) is 9.96. The summed E-state index contributed by atoms with van der Waals surface area (Å²) < 4.78 is 36.1. The molecule has 1 aliphatic heterocycles. The highest BCUT2D eigenvalue weighted by molar-refractivity contribution is 14.1. The monoisotopic (exact) mass is 640 g/mol. The molecule has 1 saturated heterocycles. The molecule has 190 valence electrons. The molecule has 2 fully saturated rings. The van der Waals surface area contributed by atoms with Crippen LogP contribution in [0.2, 0.25) is 5.02 Å². The predicted octanol–water partition coefficient (Wildman–Crippen LogP) is 4.28. The predicted molar refractivity (Wildman–Crippen MR) is 148 cm³/mol. The zero-order valence-corrected chi connectivity index (χ0v) is 23.5. The lowest BCUT2D eigenvalue weighted by molar-refractivity contribution is 0.243. The summed E-state index contributed by atoms with van der Waals surface area (Å²) in [5, 5.41) is 4.87. The number of halogens is 2. The molecule has 2 aromatic carbocycles. The Kier molecular flexibility index (Phi) is 7.05. The minimum absolute atomic E-state index is 0.0570.